The smallest absolute Gasteiger partial charge is 0.368 e. The number of alkyl halides is 6. The lowest BCUT2D eigenvalue weighted by molar-refractivity contribution is -0.894. The number of ether oxygens (including phenoxy) is 2. The SMILES string of the molecule is CC[NH+](CC)CC.O=C(O)C1C2C=CC(C2)C1C(=O)OCC(F)C(F)(F)S(=O)(=O)[O-].O=C(O)C1C2C=CC(C2)C1C(=O)OCC(F)C(F)(F)S(=O)(=O)[O-].[SH2+]c1ccccc1. The summed E-state index contributed by atoms with van der Waals surface area (Å²) < 4.78 is 148. The van der Waals surface area contributed by atoms with Crippen LogP contribution in [0, 0.1) is 47.3 Å². The number of allylic oxidation sites excluding steroid dienone is 4. The summed E-state index contributed by atoms with van der Waals surface area (Å²) in [7, 11) is -12.5. The third-order valence-electron chi connectivity index (χ3n) is 10.4. The van der Waals surface area contributed by atoms with Gasteiger partial charge in [0, 0.05) is 0 Å². The maximum Gasteiger partial charge on any atom is 0.368 e. The van der Waals surface area contributed by atoms with Crippen molar-refractivity contribution in [2.45, 2.75) is 61.4 Å². The Morgan fingerprint density at radius 3 is 1.20 bits per heavy atom. The van der Waals surface area contributed by atoms with E-state index in [-0.39, 0.29) is 0 Å². The van der Waals surface area contributed by atoms with Crippen molar-refractivity contribution in [1.29, 1.82) is 0 Å². The maximum absolute atomic E-state index is 13.2. The Balaban J connectivity index is 0.000000314. The first-order valence-corrected chi connectivity index (χ1v) is 21.7. The van der Waals surface area contributed by atoms with Crippen LogP contribution in [0.2, 0.25) is 0 Å². The fraction of sp³-hybridized carbons (Fsp3) is 0.611. The summed E-state index contributed by atoms with van der Waals surface area (Å²) in [6.45, 7) is 7.18. The molecule has 340 valence electrons. The van der Waals surface area contributed by atoms with Gasteiger partial charge in [0.05, 0.1) is 43.3 Å². The fourth-order valence-corrected chi connectivity index (χ4v) is 8.11. The first-order chi connectivity index (χ1) is 27.7. The number of esters is 2. The van der Waals surface area contributed by atoms with Crippen molar-refractivity contribution in [3.8, 4) is 0 Å². The molecule has 60 heavy (non-hydrogen) atoms. The van der Waals surface area contributed by atoms with E-state index in [9.17, 15) is 71.5 Å². The summed E-state index contributed by atoms with van der Waals surface area (Å²) in [6.07, 6.45) is 0.131. The fourth-order valence-electron chi connectivity index (χ4n) is 7.16. The van der Waals surface area contributed by atoms with E-state index in [4.69, 9.17) is 10.2 Å². The molecule has 24 heteroatoms. The second-order valence-electron chi connectivity index (χ2n) is 14.1. The molecule has 15 nitrogen and oxygen atoms in total. The highest BCUT2D eigenvalue weighted by Gasteiger charge is 2.55. The van der Waals surface area contributed by atoms with Crippen LogP contribution in [0.15, 0.2) is 59.5 Å². The van der Waals surface area contributed by atoms with Crippen molar-refractivity contribution in [2.75, 3.05) is 32.8 Å². The number of rotatable bonds is 15. The van der Waals surface area contributed by atoms with Crippen molar-refractivity contribution in [3.63, 3.8) is 0 Å². The number of aliphatic carboxylic acids is 2. The number of hydrogen-bond acceptors (Lipinski definition) is 12. The van der Waals surface area contributed by atoms with E-state index < -0.39 is 128 Å². The molecule has 4 bridgehead atoms. The molecule has 10 unspecified atom stereocenters. The van der Waals surface area contributed by atoms with Crippen LogP contribution in [0.1, 0.15) is 33.6 Å². The molecule has 2 saturated carbocycles. The normalized spacial score (nSPS) is 26.1. The van der Waals surface area contributed by atoms with Gasteiger partial charge in [0.2, 0.25) is 12.3 Å². The molecule has 0 aromatic heterocycles. The standard InChI is InChI=1S/2C12H13F3O7S.C6H15N.C6H6S/c2*13-7(12(14,15)23(19,20)21)4-22-11(18)9-6-2-1-5(3-6)8(9)10(16)17;1-4-7(5-2)6-3;7-6-4-2-1-3-5-6/h2*1-2,5-9H,3-4H2,(H,16,17)(H,19,20,21);4-6H2,1-3H3;1-5,7H. The number of hydrogen-bond donors (Lipinski definition) is 3. The van der Waals surface area contributed by atoms with Gasteiger partial charge in [0.1, 0.15) is 18.1 Å². The molecule has 10 atom stereocenters. The van der Waals surface area contributed by atoms with Crippen molar-refractivity contribution < 1.29 is 96.0 Å². The van der Waals surface area contributed by atoms with E-state index in [2.05, 4.69) is 42.9 Å². The highest BCUT2D eigenvalue weighted by Crippen LogP contribution is 2.49. The van der Waals surface area contributed by atoms with E-state index in [1.165, 1.54) is 19.6 Å². The quantitative estimate of drug-likeness (QED) is 0.0750. The predicted molar refractivity (Wildman–Crippen MR) is 199 cm³/mol. The molecule has 0 heterocycles. The predicted octanol–water partition coefficient (Wildman–Crippen LogP) is 2.05. The minimum Gasteiger partial charge on any atom is -0.743 e. The Morgan fingerprint density at radius 2 is 0.983 bits per heavy atom. The Hall–Kier alpha value is -3.71. The number of carboxylic acids is 2. The number of halogens is 6. The molecule has 2 fully saturated rings. The molecule has 0 amide bonds. The highest BCUT2D eigenvalue weighted by molar-refractivity contribution is 7.87. The van der Waals surface area contributed by atoms with Crippen molar-refractivity contribution >= 4 is 56.7 Å². The molecule has 0 aliphatic heterocycles. The monoisotopic (exact) mass is 927 g/mol. The van der Waals surface area contributed by atoms with Crippen molar-refractivity contribution in [1.82, 2.24) is 0 Å². The summed E-state index contributed by atoms with van der Waals surface area (Å²) in [6, 6.07) is 9.96. The number of fused-ring (bicyclic) bond motifs is 4. The average molecular weight is 928 g/mol. The van der Waals surface area contributed by atoms with Gasteiger partial charge in [-0.15, -0.1) is 0 Å². The molecular weight excluding hydrogens is 881 g/mol. The Kier molecular flexibility index (Phi) is 19.1. The second kappa shape index (κ2) is 21.9. The summed E-state index contributed by atoms with van der Waals surface area (Å²) in [5.74, 6) is -11.2. The van der Waals surface area contributed by atoms with Crippen molar-refractivity contribution in [3.05, 3.63) is 54.6 Å². The zero-order valence-corrected chi connectivity index (χ0v) is 34.9. The Labute approximate surface area is 348 Å². The van der Waals surface area contributed by atoms with Gasteiger partial charge >= 0.3 is 34.4 Å². The van der Waals surface area contributed by atoms with Gasteiger partial charge in [0.25, 0.3) is 0 Å². The summed E-state index contributed by atoms with van der Waals surface area (Å²) >= 11 is 3.36. The van der Waals surface area contributed by atoms with Crippen LogP contribution in [0.4, 0.5) is 26.3 Å². The summed E-state index contributed by atoms with van der Waals surface area (Å²) in [5, 5.41) is 7.74. The number of carbonyl (C=O) groups excluding carboxylic acids is 2. The number of carboxylic acid groups (broad SMARTS) is 2. The molecule has 1 aromatic carbocycles. The maximum atomic E-state index is 13.2. The van der Waals surface area contributed by atoms with Crippen LogP contribution in [-0.2, 0) is 61.5 Å². The summed E-state index contributed by atoms with van der Waals surface area (Å²) in [4.78, 5) is 48.9. The zero-order valence-electron chi connectivity index (χ0n) is 32.3. The Bertz CT molecular complexity index is 1800. The average Bonchev–Trinajstić information content (AvgIpc) is 3.99. The van der Waals surface area contributed by atoms with E-state index >= 15 is 0 Å². The number of carbonyl (C=O) groups is 4. The van der Waals surface area contributed by atoms with Gasteiger partial charge in [-0.3, -0.25) is 19.2 Å². The van der Waals surface area contributed by atoms with Gasteiger partial charge in [-0.2, -0.15) is 17.6 Å². The van der Waals surface area contributed by atoms with Gasteiger partial charge < -0.3 is 33.7 Å². The van der Waals surface area contributed by atoms with Gasteiger partial charge in [-0.05, 0) is 82.0 Å². The van der Waals surface area contributed by atoms with Crippen LogP contribution in [0.5, 0.6) is 0 Å². The van der Waals surface area contributed by atoms with Crippen LogP contribution >= 0.6 is 0 Å². The van der Waals surface area contributed by atoms with Crippen LogP contribution in [0.3, 0.4) is 0 Å². The van der Waals surface area contributed by atoms with Gasteiger partial charge in [-0.25, -0.2) is 25.6 Å². The molecule has 0 saturated heterocycles. The second-order valence-corrected chi connectivity index (χ2v) is 17.6. The minimum atomic E-state index is -6.26. The van der Waals surface area contributed by atoms with Crippen LogP contribution in [0.25, 0.3) is 0 Å². The third kappa shape index (κ3) is 13.1. The number of benzene rings is 1. The van der Waals surface area contributed by atoms with E-state index in [1.54, 1.807) is 29.2 Å². The lowest BCUT2D eigenvalue weighted by Crippen LogP contribution is -3.11. The lowest BCUT2D eigenvalue weighted by Gasteiger charge is -2.25. The third-order valence-corrected chi connectivity index (χ3v) is 12.6. The molecule has 5 rings (SSSR count). The molecular formula is C36H47F6NO14S3. The molecule has 0 spiro atoms. The molecule has 1 aromatic rings. The van der Waals surface area contributed by atoms with E-state index in [0.717, 1.165) is 4.90 Å². The van der Waals surface area contributed by atoms with Gasteiger partial charge in [-0.1, -0.05) is 42.5 Å². The molecule has 4 aliphatic rings. The van der Waals surface area contributed by atoms with E-state index in [0.29, 0.717) is 12.8 Å². The first kappa shape index (κ1) is 52.4. The molecule has 4 aliphatic carbocycles. The first-order valence-electron chi connectivity index (χ1n) is 18.4. The topological polar surface area (TPSA) is 246 Å². The minimum absolute atomic E-state index is 0.376. The number of quaternary nitrogens is 1. The molecule has 0 radical (unpaired) electrons. The van der Waals surface area contributed by atoms with Crippen LogP contribution < -0.4 is 4.90 Å². The number of nitrogens with one attached hydrogen (secondary N) is 1. The lowest BCUT2D eigenvalue weighted by atomic mass is 9.83. The van der Waals surface area contributed by atoms with Gasteiger partial charge in [0.15, 0.2) is 20.2 Å². The van der Waals surface area contributed by atoms with Crippen molar-refractivity contribution in [2.24, 2.45) is 47.3 Å². The summed E-state index contributed by atoms with van der Waals surface area (Å²) in [5.41, 5.74) is 0. The largest absolute Gasteiger partial charge is 0.743 e. The van der Waals surface area contributed by atoms with Crippen LogP contribution in [-0.4, -0.2) is 116 Å². The Morgan fingerprint density at radius 1 is 0.683 bits per heavy atom. The van der Waals surface area contributed by atoms with E-state index in [1.807, 2.05) is 30.3 Å². The molecule has 3 N–H and O–H groups in total. The highest BCUT2D eigenvalue weighted by atomic mass is 32.2. The zero-order chi connectivity index (χ0) is 46.0.